The maximum atomic E-state index is 12.0. The normalized spacial score (nSPS) is 12.2. The summed E-state index contributed by atoms with van der Waals surface area (Å²) in [6.45, 7) is 0. The first-order valence-electron chi connectivity index (χ1n) is 5.95. The number of benzene rings is 2. The molecule has 0 aliphatic carbocycles. The molecule has 0 radical (unpaired) electrons. The van der Waals surface area contributed by atoms with Crippen molar-refractivity contribution in [3.05, 3.63) is 48.5 Å². The van der Waals surface area contributed by atoms with Crippen LogP contribution >= 0.6 is 0 Å². The second kappa shape index (κ2) is 5.93. The van der Waals surface area contributed by atoms with Gasteiger partial charge in [-0.15, -0.1) is 9.66 Å². The van der Waals surface area contributed by atoms with Crippen LogP contribution < -0.4 is 21.1 Å². The molecule has 2 aromatic rings. The number of sulfonamides is 2. The van der Waals surface area contributed by atoms with Gasteiger partial charge in [0.1, 0.15) is 0 Å². The smallest absolute Gasteiger partial charge is 0.254 e. The summed E-state index contributed by atoms with van der Waals surface area (Å²) in [6.07, 6.45) is 0. The molecule has 22 heavy (non-hydrogen) atoms. The monoisotopic (exact) mass is 342 g/mol. The van der Waals surface area contributed by atoms with Crippen LogP contribution in [0.1, 0.15) is 0 Å². The highest BCUT2D eigenvalue weighted by atomic mass is 32.2. The Balaban J connectivity index is 2.17. The molecule has 0 aliphatic rings. The molecule has 10 heteroatoms. The summed E-state index contributed by atoms with van der Waals surface area (Å²) < 4.78 is 47.9. The van der Waals surface area contributed by atoms with Crippen molar-refractivity contribution in [3.8, 4) is 0 Å². The van der Waals surface area contributed by atoms with Crippen LogP contribution in [0.15, 0.2) is 58.3 Å². The third kappa shape index (κ3) is 3.74. The predicted molar refractivity (Wildman–Crippen MR) is 82.4 cm³/mol. The average Bonchev–Trinajstić information content (AvgIpc) is 2.46. The molecule has 118 valence electrons. The Morgan fingerprint density at radius 1 is 0.591 bits per heavy atom. The number of hydrogen-bond acceptors (Lipinski definition) is 6. The van der Waals surface area contributed by atoms with Gasteiger partial charge < -0.3 is 11.5 Å². The van der Waals surface area contributed by atoms with E-state index in [4.69, 9.17) is 11.5 Å². The Labute approximate surface area is 128 Å². The molecular weight excluding hydrogens is 328 g/mol. The lowest BCUT2D eigenvalue weighted by Gasteiger charge is -2.09. The predicted octanol–water partition coefficient (Wildman–Crippen LogP) is 0.0228. The van der Waals surface area contributed by atoms with E-state index in [1.165, 1.54) is 48.5 Å². The largest absolute Gasteiger partial charge is 0.399 e. The van der Waals surface area contributed by atoms with Gasteiger partial charge in [-0.1, -0.05) is 0 Å². The van der Waals surface area contributed by atoms with E-state index in [1.54, 1.807) is 0 Å². The second-order valence-corrected chi connectivity index (χ2v) is 7.71. The van der Waals surface area contributed by atoms with E-state index in [1.807, 2.05) is 9.66 Å². The highest BCUT2D eigenvalue weighted by Gasteiger charge is 2.19. The van der Waals surface area contributed by atoms with Crippen LogP contribution in [0.2, 0.25) is 0 Å². The fraction of sp³-hybridized carbons (Fsp3) is 0. The first-order valence-corrected chi connectivity index (χ1v) is 8.92. The van der Waals surface area contributed by atoms with Crippen molar-refractivity contribution in [3.63, 3.8) is 0 Å². The standard InChI is InChI=1S/C12H14N4O4S2/c13-9-1-5-11(6-2-9)21(17,18)15-16-22(19,20)12-7-3-10(14)4-8-12/h1-8,15-16H,13-14H2. The van der Waals surface area contributed by atoms with E-state index in [0.29, 0.717) is 11.4 Å². The van der Waals surface area contributed by atoms with Crippen molar-refractivity contribution in [2.45, 2.75) is 9.79 Å². The summed E-state index contributed by atoms with van der Waals surface area (Å²) in [5.74, 6) is 0. The van der Waals surface area contributed by atoms with Gasteiger partial charge in [-0.3, -0.25) is 0 Å². The Bertz CT molecular complexity index is 785. The Kier molecular flexibility index (Phi) is 4.37. The van der Waals surface area contributed by atoms with Gasteiger partial charge in [0.25, 0.3) is 20.0 Å². The SMILES string of the molecule is Nc1ccc(S(=O)(=O)NNS(=O)(=O)c2ccc(N)cc2)cc1. The van der Waals surface area contributed by atoms with Crippen molar-refractivity contribution in [1.29, 1.82) is 0 Å². The molecule has 0 aliphatic heterocycles. The molecule has 0 aromatic heterocycles. The second-order valence-electron chi connectivity index (χ2n) is 4.35. The van der Waals surface area contributed by atoms with Gasteiger partial charge in [0.05, 0.1) is 9.79 Å². The number of nitrogen functional groups attached to an aromatic ring is 2. The van der Waals surface area contributed by atoms with Gasteiger partial charge in [0, 0.05) is 11.4 Å². The molecule has 0 fully saturated rings. The van der Waals surface area contributed by atoms with E-state index < -0.39 is 20.0 Å². The molecular formula is C12H14N4O4S2. The minimum absolute atomic E-state index is 0.123. The topological polar surface area (TPSA) is 144 Å². The molecule has 0 amide bonds. The lowest BCUT2D eigenvalue weighted by Crippen LogP contribution is -2.41. The third-order valence-corrected chi connectivity index (χ3v) is 5.35. The van der Waals surface area contributed by atoms with Crippen LogP contribution in [0.25, 0.3) is 0 Å². The number of anilines is 2. The minimum atomic E-state index is -4.05. The van der Waals surface area contributed by atoms with Gasteiger partial charge >= 0.3 is 0 Å². The highest BCUT2D eigenvalue weighted by Crippen LogP contribution is 2.13. The van der Waals surface area contributed by atoms with Crippen LogP contribution in [0.3, 0.4) is 0 Å². The molecule has 0 bridgehead atoms. The lowest BCUT2D eigenvalue weighted by molar-refractivity contribution is 0.557. The summed E-state index contributed by atoms with van der Waals surface area (Å²) in [6, 6.07) is 10.6. The fourth-order valence-electron chi connectivity index (χ4n) is 1.52. The zero-order valence-corrected chi connectivity index (χ0v) is 12.9. The first-order chi connectivity index (χ1) is 10.2. The summed E-state index contributed by atoms with van der Waals surface area (Å²) >= 11 is 0. The summed E-state index contributed by atoms with van der Waals surface area (Å²) in [5.41, 5.74) is 11.7. The van der Waals surface area contributed by atoms with Crippen LogP contribution in [0.5, 0.6) is 0 Å². The van der Waals surface area contributed by atoms with Gasteiger partial charge in [-0.2, -0.15) is 0 Å². The highest BCUT2D eigenvalue weighted by molar-refractivity contribution is 7.92. The van der Waals surface area contributed by atoms with Gasteiger partial charge in [0.2, 0.25) is 0 Å². The van der Waals surface area contributed by atoms with Crippen LogP contribution in [-0.4, -0.2) is 16.8 Å². The fourth-order valence-corrected chi connectivity index (χ4v) is 3.62. The molecule has 8 nitrogen and oxygen atoms in total. The Morgan fingerprint density at radius 3 is 1.14 bits per heavy atom. The average molecular weight is 342 g/mol. The molecule has 0 unspecified atom stereocenters. The van der Waals surface area contributed by atoms with E-state index >= 15 is 0 Å². The molecule has 6 N–H and O–H groups in total. The first kappa shape index (κ1) is 16.2. The summed E-state index contributed by atoms with van der Waals surface area (Å²) in [5, 5.41) is 0. The molecule has 0 saturated carbocycles. The lowest BCUT2D eigenvalue weighted by atomic mass is 10.3. The molecule has 2 rings (SSSR count). The number of rotatable bonds is 5. The third-order valence-electron chi connectivity index (χ3n) is 2.69. The maximum absolute atomic E-state index is 12.0. The van der Waals surface area contributed by atoms with Crippen molar-refractivity contribution in [2.24, 2.45) is 0 Å². The number of nitrogens with two attached hydrogens (primary N) is 2. The van der Waals surface area contributed by atoms with E-state index in [-0.39, 0.29) is 9.79 Å². The van der Waals surface area contributed by atoms with Crippen molar-refractivity contribution in [1.82, 2.24) is 9.66 Å². The van der Waals surface area contributed by atoms with Crippen molar-refractivity contribution >= 4 is 31.4 Å². The molecule has 2 aromatic carbocycles. The van der Waals surface area contributed by atoms with Gasteiger partial charge in [-0.25, -0.2) is 16.8 Å². The zero-order valence-electron chi connectivity index (χ0n) is 11.2. The quantitative estimate of drug-likeness (QED) is 0.445. The minimum Gasteiger partial charge on any atom is -0.399 e. The van der Waals surface area contributed by atoms with E-state index in [2.05, 4.69) is 0 Å². The van der Waals surface area contributed by atoms with Gasteiger partial charge in [-0.05, 0) is 48.5 Å². The number of nitrogens with one attached hydrogen (secondary N) is 2. The number of hydrogen-bond donors (Lipinski definition) is 4. The van der Waals surface area contributed by atoms with Gasteiger partial charge in [0.15, 0.2) is 0 Å². The molecule has 0 heterocycles. The van der Waals surface area contributed by atoms with Crippen molar-refractivity contribution < 1.29 is 16.8 Å². The summed E-state index contributed by atoms with van der Waals surface area (Å²) in [4.78, 5) is 3.37. The maximum Gasteiger partial charge on any atom is 0.254 e. The molecule has 0 saturated heterocycles. The molecule has 0 atom stereocenters. The van der Waals surface area contributed by atoms with Crippen LogP contribution in [-0.2, 0) is 20.0 Å². The van der Waals surface area contributed by atoms with Crippen LogP contribution in [0.4, 0.5) is 11.4 Å². The van der Waals surface area contributed by atoms with E-state index in [9.17, 15) is 16.8 Å². The zero-order chi connectivity index (χ0) is 16.4. The Morgan fingerprint density at radius 2 is 0.864 bits per heavy atom. The Hall–Kier alpha value is -2.14. The van der Waals surface area contributed by atoms with Crippen LogP contribution in [0, 0.1) is 0 Å². The summed E-state index contributed by atoms with van der Waals surface area (Å²) in [7, 11) is -8.09. The van der Waals surface area contributed by atoms with E-state index in [0.717, 1.165) is 0 Å². The number of hydrazine groups is 1. The van der Waals surface area contributed by atoms with Crippen molar-refractivity contribution in [2.75, 3.05) is 11.5 Å². The molecule has 0 spiro atoms.